The Kier molecular flexibility index (Phi) is 5.19. The summed E-state index contributed by atoms with van der Waals surface area (Å²) < 4.78 is 22.5. The predicted octanol–water partition coefficient (Wildman–Crippen LogP) is 0.717. The molecule has 2 aliphatic heterocycles. The number of primary amides is 1. The van der Waals surface area contributed by atoms with Gasteiger partial charge in [-0.05, 0) is 29.7 Å². The lowest BCUT2D eigenvalue weighted by molar-refractivity contribution is -0.905. The van der Waals surface area contributed by atoms with Crippen LogP contribution in [0.2, 0.25) is 0 Å². The van der Waals surface area contributed by atoms with Crippen LogP contribution in [-0.4, -0.2) is 40.0 Å². The summed E-state index contributed by atoms with van der Waals surface area (Å²) in [4.78, 5) is 12.8. The SMILES string of the molecule is COc1c2c(cc3c1[C@H](C#CCOc1ccccc1C(N)=O)[NH+](C)CC3)OCO2. The van der Waals surface area contributed by atoms with Gasteiger partial charge in [0.2, 0.25) is 12.5 Å². The molecular formula is C22H23N2O5+. The van der Waals surface area contributed by atoms with E-state index in [1.165, 1.54) is 4.90 Å². The molecule has 0 fully saturated rings. The van der Waals surface area contributed by atoms with Crippen LogP contribution in [0.25, 0.3) is 0 Å². The zero-order chi connectivity index (χ0) is 20.4. The third-order valence-corrected chi connectivity index (χ3v) is 5.22. The average Bonchev–Trinajstić information content (AvgIpc) is 3.19. The van der Waals surface area contributed by atoms with Crippen molar-refractivity contribution < 1.29 is 28.6 Å². The van der Waals surface area contributed by atoms with E-state index in [-0.39, 0.29) is 19.4 Å². The summed E-state index contributed by atoms with van der Waals surface area (Å²) >= 11 is 0. The lowest BCUT2D eigenvalue weighted by Gasteiger charge is -2.30. The van der Waals surface area contributed by atoms with Crippen molar-refractivity contribution in [2.24, 2.45) is 5.73 Å². The summed E-state index contributed by atoms with van der Waals surface area (Å²) in [6.07, 6.45) is 0.912. The van der Waals surface area contributed by atoms with Crippen molar-refractivity contribution in [1.82, 2.24) is 0 Å². The van der Waals surface area contributed by atoms with Crippen LogP contribution in [0.5, 0.6) is 23.0 Å². The molecule has 2 aliphatic rings. The molecule has 7 heteroatoms. The molecule has 0 radical (unpaired) electrons. The standard InChI is InChI=1S/C22H22N2O5/c1-24-10-9-14-12-18-20(29-13-28-18)21(26-2)19(14)16(24)7-5-11-27-17-8-4-3-6-15(17)22(23)25/h3-4,6,8,12,16H,9-11,13H2,1-2H3,(H2,23,25)/p+1/t16-/m0/s1. The molecule has 150 valence electrons. The number of hydrogen-bond acceptors (Lipinski definition) is 5. The molecule has 29 heavy (non-hydrogen) atoms. The van der Waals surface area contributed by atoms with Crippen LogP contribution >= 0.6 is 0 Å². The molecule has 0 aliphatic carbocycles. The molecule has 0 aromatic heterocycles. The van der Waals surface area contributed by atoms with Crippen LogP contribution in [0.1, 0.15) is 27.5 Å². The number of likely N-dealkylation sites (N-methyl/N-ethyl adjacent to an activating group) is 1. The van der Waals surface area contributed by atoms with Crippen molar-refractivity contribution in [2.75, 3.05) is 34.1 Å². The zero-order valence-corrected chi connectivity index (χ0v) is 16.4. The molecule has 4 rings (SSSR count). The van der Waals surface area contributed by atoms with Crippen molar-refractivity contribution in [3.8, 4) is 34.8 Å². The van der Waals surface area contributed by atoms with Gasteiger partial charge in [-0.3, -0.25) is 4.79 Å². The number of methoxy groups -OCH3 is 1. The quantitative estimate of drug-likeness (QED) is 0.746. The molecular weight excluding hydrogens is 372 g/mol. The fraction of sp³-hybridized carbons (Fsp3) is 0.318. The number of rotatable bonds is 4. The highest BCUT2D eigenvalue weighted by molar-refractivity contribution is 5.95. The largest absolute Gasteiger partial charge is 0.492 e. The van der Waals surface area contributed by atoms with E-state index in [0.717, 1.165) is 29.8 Å². The van der Waals surface area contributed by atoms with Gasteiger partial charge < -0.3 is 29.6 Å². The Labute approximate surface area is 169 Å². The van der Waals surface area contributed by atoms with Gasteiger partial charge in [-0.1, -0.05) is 18.1 Å². The molecule has 7 nitrogen and oxygen atoms in total. The Bertz CT molecular complexity index is 1010. The van der Waals surface area contributed by atoms with Gasteiger partial charge in [0.05, 0.1) is 31.8 Å². The number of nitrogens with one attached hydrogen (secondary N) is 1. The fourth-order valence-electron chi connectivity index (χ4n) is 3.77. The highest BCUT2D eigenvalue weighted by Gasteiger charge is 2.35. The van der Waals surface area contributed by atoms with Gasteiger partial charge >= 0.3 is 0 Å². The molecule has 0 spiro atoms. The zero-order valence-electron chi connectivity index (χ0n) is 16.4. The van der Waals surface area contributed by atoms with E-state index < -0.39 is 5.91 Å². The Morgan fingerprint density at radius 3 is 2.97 bits per heavy atom. The molecule has 3 N–H and O–H groups in total. The molecule has 2 aromatic carbocycles. The lowest BCUT2D eigenvalue weighted by Crippen LogP contribution is -3.10. The normalized spacial score (nSPS) is 19.0. The van der Waals surface area contributed by atoms with Crippen LogP contribution in [0, 0.1) is 11.8 Å². The monoisotopic (exact) mass is 395 g/mol. The summed E-state index contributed by atoms with van der Waals surface area (Å²) in [5.41, 5.74) is 7.93. The fourth-order valence-corrected chi connectivity index (χ4v) is 3.77. The molecule has 2 heterocycles. The Morgan fingerprint density at radius 2 is 2.17 bits per heavy atom. The van der Waals surface area contributed by atoms with Crippen LogP contribution in [0.15, 0.2) is 30.3 Å². The van der Waals surface area contributed by atoms with Gasteiger partial charge in [0, 0.05) is 6.42 Å². The second-order valence-electron chi connectivity index (χ2n) is 6.97. The molecule has 1 amide bonds. The van der Waals surface area contributed by atoms with Crippen LogP contribution in [0.4, 0.5) is 0 Å². The van der Waals surface area contributed by atoms with Crippen molar-refractivity contribution in [3.05, 3.63) is 47.0 Å². The van der Waals surface area contributed by atoms with Crippen LogP contribution in [0.3, 0.4) is 0 Å². The van der Waals surface area contributed by atoms with Crippen molar-refractivity contribution in [2.45, 2.75) is 12.5 Å². The van der Waals surface area contributed by atoms with Crippen molar-refractivity contribution in [3.63, 3.8) is 0 Å². The number of para-hydroxylation sites is 1. The second kappa shape index (κ2) is 7.94. The third-order valence-electron chi connectivity index (χ3n) is 5.22. The number of hydrogen-bond donors (Lipinski definition) is 2. The highest BCUT2D eigenvalue weighted by atomic mass is 16.7. The van der Waals surface area contributed by atoms with Crippen molar-refractivity contribution >= 4 is 5.91 Å². The van der Waals surface area contributed by atoms with E-state index in [1.807, 2.05) is 6.07 Å². The third kappa shape index (κ3) is 3.55. The molecule has 1 unspecified atom stereocenters. The Hall–Kier alpha value is -3.37. The van der Waals surface area contributed by atoms with E-state index in [0.29, 0.717) is 22.8 Å². The summed E-state index contributed by atoms with van der Waals surface area (Å²) in [6, 6.07) is 8.82. The van der Waals surface area contributed by atoms with E-state index in [9.17, 15) is 4.79 Å². The summed E-state index contributed by atoms with van der Waals surface area (Å²) in [7, 11) is 3.74. The first kappa shape index (κ1) is 19.0. The predicted molar refractivity (Wildman–Crippen MR) is 106 cm³/mol. The number of amides is 1. The molecule has 2 atom stereocenters. The minimum atomic E-state index is -0.528. The number of ether oxygens (including phenoxy) is 4. The van der Waals surface area contributed by atoms with Gasteiger partial charge in [0.15, 0.2) is 17.5 Å². The molecule has 0 saturated carbocycles. The van der Waals surface area contributed by atoms with Crippen LogP contribution in [-0.2, 0) is 6.42 Å². The van der Waals surface area contributed by atoms with Gasteiger partial charge in [-0.2, -0.15) is 0 Å². The van der Waals surface area contributed by atoms with Gasteiger partial charge in [0.1, 0.15) is 12.4 Å². The van der Waals surface area contributed by atoms with E-state index >= 15 is 0 Å². The molecule has 0 bridgehead atoms. The smallest absolute Gasteiger partial charge is 0.252 e. The molecule has 0 saturated heterocycles. The lowest BCUT2D eigenvalue weighted by atomic mass is 9.91. The number of carbonyl (C=O) groups is 1. The van der Waals surface area contributed by atoms with Gasteiger partial charge in [-0.15, -0.1) is 0 Å². The van der Waals surface area contributed by atoms with Gasteiger partial charge in [0.25, 0.3) is 5.91 Å². The van der Waals surface area contributed by atoms with E-state index in [1.54, 1.807) is 31.4 Å². The maximum Gasteiger partial charge on any atom is 0.252 e. The van der Waals surface area contributed by atoms with Crippen molar-refractivity contribution in [1.29, 1.82) is 0 Å². The number of nitrogens with two attached hydrogens (primary N) is 1. The Morgan fingerprint density at radius 1 is 1.34 bits per heavy atom. The first-order valence-electron chi connectivity index (χ1n) is 9.41. The van der Waals surface area contributed by atoms with E-state index in [2.05, 4.69) is 18.9 Å². The first-order valence-corrected chi connectivity index (χ1v) is 9.41. The average molecular weight is 395 g/mol. The Balaban J connectivity index is 1.59. The summed E-state index contributed by atoms with van der Waals surface area (Å²) in [5.74, 6) is 8.34. The summed E-state index contributed by atoms with van der Waals surface area (Å²) in [5, 5.41) is 0. The first-order chi connectivity index (χ1) is 14.1. The number of benzene rings is 2. The highest BCUT2D eigenvalue weighted by Crippen LogP contribution is 2.47. The number of quaternary nitrogens is 1. The summed E-state index contributed by atoms with van der Waals surface area (Å²) in [6.45, 7) is 1.29. The van der Waals surface area contributed by atoms with Crippen LogP contribution < -0.4 is 29.6 Å². The number of carbonyl (C=O) groups excluding carboxylic acids is 1. The maximum atomic E-state index is 11.5. The second-order valence-corrected chi connectivity index (χ2v) is 6.97. The minimum Gasteiger partial charge on any atom is -0.492 e. The molecule has 2 aromatic rings. The minimum absolute atomic E-state index is 0.0850. The maximum absolute atomic E-state index is 11.5. The van der Waals surface area contributed by atoms with E-state index in [4.69, 9.17) is 24.7 Å². The topological polar surface area (TPSA) is 84.5 Å². The van der Waals surface area contributed by atoms with Gasteiger partial charge in [-0.25, -0.2) is 0 Å². The number of fused-ring (bicyclic) bond motifs is 2.